The van der Waals surface area contributed by atoms with Gasteiger partial charge in [-0.15, -0.1) is 21.5 Å². The molecule has 10 nitrogen and oxygen atoms in total. The molecule has 3 aromatic heterocycles. The molecule has 230 valence electrons. The second-order valence-electron chi connectivity index (χ2n) is 11.9. The van der Waals surface area contributed by atoms with Gasteiger partial charge >= 0.3 is 5.97 Å². The third kappa shape index (κ3) is 7.76. The highest BCUT2D eigenvalue weighted by Gasteiger charge is 2.29. The van der Waals surface area contributed by atoms with Crippen LogP contribution in [0.3, 0.4) is 0 Å². The van der Waals surface area contributed by atoms with E-state index in [1.165, 1.54) is 11.3 Å². The molecule has 1 aliphatic rings. The van der Waals surface area contributed by atoms with Crippen molar-refractivity contribution in [2.75, 3.05) is 31.8 Å². The minimum atomic E-state index is -1.19. The van der Waals surface area contributed by atoms with Crippen molar-refractivity contribution in [1.82, 2.24) is 19.7 Å². The van der Waals surface area contributed by atoms with Gasteiger partial charge in [-0.1, -0.05) is 43.1 Å². The number of aliphatic hydroxyl groups is 1. The number of nitrogens with zero attached hydrogens (tertiary/aromatic N) is 6. The predicted octanol–water partition coefficient (Wildman–Crippen LogP) is 6.24. The van der Waals surface area contributed by atoms with Gasteiger partial charge in [-0.25, -0.2) is 9.78 Å². The molecule has 0 bridgehead atoms. The van der Waals surface area contributed by atoms with E-state index in [4.69, 9.17) is 14.5 Å². The quantitative estimate of drug-likeness (QED) is 0.0979. The Morgan fingerprint density at radius 2 is 2.00 bits per heavy atom. The van der Waals surface area contributed by atoms with Gasteiger partial charge < -0.3 is 19.5 Å². The Morgan fingerprint density at radius 3 is 2.72 bits per heavy atom. The van der Waals surface area contributed by atoms with Crippen molar-refractivity contribution >= 4 is 63.7 Å². The van der Waals surface area contributed by atoms with Gasteiger partial charge in [0, 0.05) is 38.8 Å². The Kier molecular flexibility index (Phi) is 10.1. The summed E-state index contributed by atoms with van der Waals surface area (Å²) in [5.41, 5.74) is 2.45. The number of benzene rings is 1. The van der Waals surface area contributed by atoms with E-state index in [0.29, 0.717) is 48.0 Å². The third-order valence-corrected chi connectivity index (χ3v) is 11.1. The molecule has 4 aromatic rings. The van der Waals surface area contributed by atoms with Crippen LogP contribution in [0.2, 0.25) is 25.7 Å². The van der Waals surface area contributed by atoms with E-state index in [9.17, 15) is 9.90 Å². The number of para-hydroxylation sites is 1. The van der Waals surface area contributed by atoms with Gasteiger partial charge in [-0.3, -0.25) is 4.57 Å². The summed E-state index contributed by atoms with van der Waals surface area (Å²) in [5, 5.41) is 19.1. The van der Waals surface area contributed by atoms with Crippen LogP contribution in [0.1, 0.15) is 53.0 Å². The van der Waals surface area contributed by atoms with Crippen molar-refractivity contribution in [3.05, 3.63) is 51.3 Å². The van der Waals surface area contributed by atoms with E-state index in [0.717, 1.165) is 51.0 Å². The van der Waals surface area contributed by atoms with Crippen LogP contribution in [0.4, 0.5) is 16.8 Å². The Balaban J connectivity index is 1.47. The molecule has 13 heteroatoms. The first-order valence-electron chi connectivity index (χ1n) is 14.8. The molecule has 1 aromatic carbocycles. The van der Waals surface area contributed by atoms with Crippen molar-refractivity contribution in [3.63, 3.8) is 0 Å². The molecular formula is C30H40N6O4S2Si. The zero-order valence-electron chi connectivity index (χ0n) is 25.5. The number of thiazole rings is 2. The minimum absolute atomic E-state index is 0.0386. The summed E-state index contributed by atoms with van der Waals surface area (Å²) in [4.78, 5) is 25.7. The maximum absolute atomic E-state index is 12.6. The molecule has 3 heterocycles. The standard InChI is InChI=1S/C30H40N6O4S2Si/c1-6-40-28(38)26-24(12-9-15-37)42-29(31-26)35(2)25-18-21(20-13-14-20)27(34-33-25)32-30-36(19-39-16-17-43(3,4)5)22-10-7-8-11-23(22)41-30/h7-8,10-11,18,20,37H,6,9,12-17,19H2,1-5H3. The lowest BCUT2D eigenvalue weighted by molar-refractivity contribution is 0.0519. The molecule has 0 atom stereocenters. The number of hydrogen-bond donors (Lipinski definition) is 1. The smallest absolute Gasteiger partial charge is 0.358 e. The zero-order valence-corrected chi connectivity index (χ0v) is 28.1. The number of rotatable bonds is 14. The Morgan fingerprint density at radius 1 is 1.21 bits per heavy atom. The van der Waals surface area contributed by atoms with E-state index in [-0.39, 0.29) is 13.2 Å². The maximum Gasteiger partial charge on any atom is 0.358 e. The molecule has 0 unspecified atom stereocenters. The fourth-order valence-corrected chi connectivity index (χ4v) is 7.37. The predicted molar refractivity (Wildman–Crippen MR) is 175 cm³/mol. The SMILES string of the molecule is CCOC(=O)c1nc(N(C)c2cc(C3CC3)c(N=c3sc4ccccc4n3COCC[Si](C)(C)C)nn2)sc1CCCO. The highest BCUT2D eigenvalue weighted by Crippen LogP contribution is 2.45. The van der Waals surface area contributed by atoms with E-state index in [1.807, 2.05) is 30.1 Å². The molecule has 0 radical (unpaired) electrons. The molecule has 5 rings (SSSR count). The fraction of sp³-hybridized carbons (Fsp3) is 0.500. The monoisotopic (exact) mass is 640 g/mol. The van der Waals surface area contributed by atoms with Gasteiger partial charge in [0.15, 0.2) is 27.3 Å². The molecule has 0 aliphatic heterocycles. The fourth-order valence-electron chi connectivity index (χ4n) is 4.54. The molecule has 1 fully saturated rings. The van der Waals surface area contributed by atoms with Crippen LogP contribution in [0.5, 0.6) is 0 Å². The summed E-state index contributed by atoms with van der Waals surface area (Å²) in [6, 6.07) is 11.4. The number of esters is 1. The Hall–Kier alpha value is -2.97. The second-order valence-corrected chi connectivity index (χ2v) is 19.6. The van der Waals surface area contributed by atoms with Crippen molar-refractivity contribution in [2.45, 2.75) is 70.9 Å². The van der Waals surface area contributed by atoms with Gasteiger partial charge in [0.05, 0.1) is 16.8 Å². The van der Waals surface area contributed by atoms with Crippen LogP contribution in [0.25, 0.3) is 10.2 Å². The lowest BCUT2D eigenvalue weighted by atomic mass is 10.2. The van der Waals surface area contributed by atoms with Crippen molar-refractivity contribution in [3.8, 4) is 0 Å². The average molecular weight is 641 g/mol. The highest BCUT2D eigenvalue weighted by molar-refractivity contribution is 7.16. The number of carbonyl (C=O) groups is 1. The van der Waals surface area contributed by atoms with Gasteiger partial charge in [0.1, 0.15) is 6.73 Å². The van der Waals surface area contributed by atoms with Crippen molar-refractivity contribution in [2.24, 2.45) is 4.99 Å². The Labute approximate surface area is 261 Å². The van der Waals surface area contributed by atoms with E-state index >= 15 is 0 Å². The second kappa shape index (κ2) is 13.8. The van der Waals surface area contributed by atoms with Gasteiger partial charge in [-0.05, 0) is 62.8 Å². The van der Waals surface area contributed by atoms with Crippen LogP contribution in [0, 0.1) is 0 Å². The van der Waals surface area contributed by atoms with Crippen molar-refractivity contribution < 1.29 is 19.4 Å². The zero-order chi connectivity index (χ0) is 30.6. The van der Waals surface area contributed by atoms with E-state index < -0.39 is 14.0 Å². The lowest BCUT2D eigenvalue weighted by Gasteiger charge is -2.16. The molecular weight excluding hydrogens is 601 g/mol. The highest BCUT2D eigenvalue weighted by atomic mass is 32.1. The summed E-state index contributed by atoms with van der Waals surface area (Å²) in [7, 11) is 0.682. The minimum Gasteiger partial charge on any atom is -0.461 e. The number of ether oxygens (including phenoxy) is 2. The first kappa shape index (κ1) is 31.5. The number of anilines is 2. The van der Waals surface area contributed by atoms with Crippen LogP contribution in [-0.2, 0) is 22.6 Å². The average Bonchev–Trinajstić information content (AvgIpc) is 3.64. The number of hydrogen-bond acceptors (Lipinski definition) is 11. The number of aryl methyl sites for hydroxylation is 1. The van der Waals surface area contributed by atoms with E-state index in [1.54, 1.807) is 18.3 Å². The summed E-state index contributed by atoms with van der Waals surface area (Å²) in [6.07, 6.45) is 3.25. The molecule has 43 heavy (non-hydrogen) atoms. The first-order valence-corrected chi connectivity index (χ1v) is 20.1. The molecule has 0 spiro atoms. The first-order chi connectivity index (χ1) is 20.7. The molecule has 0 saturated heterocycles. The van der Waals surface area contributed by atoms with Crippen LogP contribution in [-0.4, -0.2) is 65.8 Å². The molecule has 1 N–H and O–H groups in total. The van der Waals surface area contributed by atoms with Crippen LogP contribution in [0.15, 0.2) is 35.3 Å². The molecule has 1 aliphatic carbocycles. The van der Waals surface area contributed by atoms with Crippen LogP contribution < -0.4 is 9.70 Å². The molecule has 0 amide bonds. The largest absolute Gasteiger partial charge is 0.461 e. The summed E-state index contributed by atoms with van der Waals surface area (Å²) >= 11 is 3.03. The van der Waals surface area contributed by atoms with Gasteiger partial charge in [0.2, 0.25) is 0 Å². The van der Waals surface area contributed by atoms with Gasteiger partial charge in [0.25, 0.3) is 0 Å². The summed E-state index contributed by atoms with van der Waals surface area (Å²) in [5.74, 6) is 1.18. The number of carbonyl (C=O) groups excluding carboxylic acids is 1. The summed E-state index contributed by atoms with van der Waals surface area (Å²) in [6.45, 7) is 10.3. The normalized spacial score (nSPS) is 14.0. The summed E-state index contributed by atoms with van der Waals surface area (Å²) < 4.78 is 14.7. The number of aromatic nitrogens is 4. The maximum atomic E-state index is 12.6. The molecule has 1 saturated carbocycles. The Bertz CT molecular complexity index is 1640. The lowest BCUT2D eigenvalue weighted by Crippen LogP contribution is -2.23. The number of aliphatic hydroxyl groups excluding tert-OH is 1. The van der Waals surface area contributed by atoms with Gasteiger partial charge in [-0.2, -0.15) is 4.99 Å². The van der Waals surface area contributed by atoms with Crippen LogP contribution >= 0.6 is 22.7 Å². The van der Waals surface area contributed by atoms with Crippen molar-refractivity contribution in [1.29, 1.82) is 0 Å². The third-order valence-electron chi connectivity index (χ3n) is 7.16. The number of fused-ring (bicyclic) bond motifs is 1. The van der Waals surface area contributed by atoms with E-state index in [2.05, 4.69) is 51.5 Å². The topological polar surface area (TPSA) is 115 Å².